The first kappa shape index (κ1) is 15.0. The number of carbonyl (C=O) groups excluding carboxylic acids is 1. The zero-order valence-electron chi connectivity index (χ0n) is 11.2. The van der Waals surface area contributed by atoms with Gasteiger partial charge < -0.3 is 10.4 Å². The Morgan fingerprint density at radius 2 is 1.90 bits per heavy atom. The molecule has 108 valence electrons. The lowest BCUT2D eigenvalue weighted by molar-refractivity contribution is -0.139. The summed E-state index contributed by atoms with van der Waals surface area (Å²) in [6, 6.07) is 7.57. The molecule has 2 N–H and O–H groups in total. The molecule has 2 rings (SSSR count). The Labute approximate surface area is 126 Å². The molecule has 0 aromatic heterocycles. The van der Waals surface area contributed by atoms with Crippen LogP contribution in [0.1, 0.15) is 37.7 Å². The highest BCUT2D eigenvalue weighted by molar-refractivity contribution is 9.10. The fourth-order valence-electron chi connectivity index (χ4n) is 2.84. The van der Waals surface area contributed by atoms with E-state index in [0.717, 1.165) is 35.7 Å². The standard InChI is InChI=1S/C15H18BrNO3/c16-12-6-2-1-5-11(12)9-13(18)17-15(10-14(19)20)7-3-4-8-15/h1-2,5-6H,3-4,7-10H2,(H,17,18)(H,19,20). The molecule has 0 radical (unpaired) electrons. The Morgan fingerprint density at radius 1 is 1.25 bits per heavy atom. The lowest BCUT2D eigenvalue weighted by Crippen LogP contribution is -2.48. The zero-order chi connectivity index (χ0) is 14.6. The Morgan fingerprint density at radius 3 is 2.50 bits per heavy atom. The predicted molar refractivity (Wildman–Crippen MR) is 79.4 cm³/mol. The van der Waals surface area contributed by atoms with E-state index >= 15 is 0 Å². The summed E-state index contributed by atoms with van der Waals surface area (Å²) in [5.74, 6) is -0.965. The number of hydrogen-bond donors (Lipinski definition) is 2. The summed E-state index contributed by atoms with van der Waals surface area (Å²) in [6.45, 7) is 0. The molecule has 0 heterocycles. The number of carboxylic acids is 1. The van der Waals surface area contributed by atoms with Crippen molar-refractivity contribution < 1.29 is 14.7 Å². The lowest BCUT2D eigenvalue weighted by atomic mass is 9.92. The fraction of sp³-hybridized carbons (Fsp3) is 0.467. The molecule has 4 nitrogen and oxygen atoms in total. The molecule has 0 aliphatic heterocycles. The number of nitrogens with one attached hydrogen (secondary N) is 1. The minimum Gasteiger partial charge on any atom is -0.481 e. The first-order valence-electron chi connectivity index (χ1n) is 6.77. The Kier molecular flexibility index (Phi) is 4.81. The van der Waals surface area contributed by atoms with Gasteiger partial charge in [-0.05, 0) is 24.5 Å². The number of hydrogen-bond acceptors (Lipinski definition) is 2. The van der Waals surface area contributed by atoms with E-state index in [2.05, 4.69) is 21.2 Å². The van der Waals surface area contributed by atoms with Crippen LogP contribution >= 0.6 is 15.9 Å². The molecule has 0 saturated heterocycles. The van der Waals surface area contributed by atoms with Gasteiger partial charge in [-0.25, -0.2) is 0 Å². The van der Waals surface area contributed by atoms with Crippen molar-refractivity contribution in [3.8, 4) is 0 Å². The van der Waals surface area contributed by atoms with Crippen molar-refractivity contribution in [2.45, 2.75) is 44.1 Å². The van der Waals surface area contributed by atoms with Crippen LogP contribution in [0.15, 0.2) is 28.7 Å². The summed E-state index contributed by atoms with van der Waals surface area (Å²) in [4.78, 5) is 23.2. The molecule has 0 bridgehead atoms. The maximum Gasteiger partial charge on any atom is 0.305 e. The van der Waals surface area contributed by atoms with Gasteiger partial charge in [0.2, 0.25) is 5.91 Å². The molecular formula is C15H18BrNO3. The van der Waals surface area contributed by atoms with E-state index in [1.165, 1.54) is 0 Å². The van der Waals surface area contributed by atoms with E-state index in [0.29, 0.717) is 0 Å². The van der Waals surface area contributed by atoms with Crippen LogP contribution in [-0.4, -0.2) is 22.5 Å². The molecule has 1 amide bonds. The van der Waals surface area contributed by atoms with Crippen LogP contribution in [0.4, 0.5) is 0 Å². The van der Waals surface area contributed by atoms with E-state index in [-0.39, 0.29) is 18.7 Å². The number of carbonyl (C=O) groups is 2. The molecule has 20 heavy (non-hydrogen) atoms. The lowest BCUT2D eigenvalue weighted by Gasteiger charge is -2.28. The van der Waals surface area contributed by atoms with Crippen molar-refractivity contribution in [3.63, 3.8) is 0 Å². The molecule has 0 spiro atoms. The smallest absolute Gasteiger partial charge is 0.305 e. The summed E-state index contributed by atoms with van der Waals surface area (Å²) in [7, 11) is 0. The van der Waals surface area contributed by atoms with Crippen molar-refractivity contribution in [1.29, 1.82) is 0 Å². The van der Waals surface area contributed by atoms with E-state index in [9.17, 15) is 9.59 Å². The van der Waals surface area contributed by atoms with Crippen molar-refractivity contribution >= 4 is 27.8 Å². The van der Waals surface area contributed by atoms with Crippen LogP contribution in [0.25, 0.3) is 0 Å². The summed E-state index contributed by atoms with van der Waals surface area (Å²) < 4.78 is 0.897. The molecule has 5 heteroatoms. The summed E-state index contributed by atoms with van der Waals surface area (Å²) in [6.07, 6.45) is 3.73. The third kappa shape index (κ3) is 3.82. The van der Waals surface area contributed by atoms with Crippen LogP contribution in [-0.2, 0) is 16.0 Å². The molecule has 1 aromatic carbocycles. The van der Waals surface area contributed by atoms with Gasteiger partial charge in [-0.3, -0.25) is 9.59 Å². The largest absolute Gasteiger partial charge is 0.481 e. The fourth-order valence-corrected chi connectivity index (χ4v) is 3.27. The summed E-state index contributed by atoms with van der Waals surface area (Å²) in [5, 5.41) is 12.0. The predicted octanol–water partition coefficient (Wildman–Crippen LogP) is 2.90. The average molecular weight is 340 g/mol. The van der Waals surface area contributed by atoms with Gasteiger partial charge in [-0.15, -0.1) is 0 Å². The number of rotatable bonds is 5. The van der Waals surface area contributed by atoms with Gasteiger partial charge in [-0.2, -0.15) is 0 Å². The van der Waals surface area contributed by atoms with E-state index in [4.69, 9.17) is 5.11 Å². The van der Waals surface area contributed by atoms with Crippen LogP contribution in [0.3, 0.4) is 0 Å². The SMILES string of the molecule is O=C(O)CC1(NC(=O)Cc2ccccc2Br)CCCC1. The highest BCUT2D eigenvalue weighted by Crippen LogP contribution is 2.32. The molecule has 0 unspecified atom stereocenters. The van der Waals surface area contributed by atoms with E-state index < -0.39 is 11.5 Å². The number of halogens is 1. The van der Waals surface area contributed by atoms with Crippen LogP contribution in [0.5, 0.6) is 0 Å². The highest BCUT2D eigenvalue weighted by atomic mass is 79.9. The minimum absolute atomic E-state index is 0.00863. The van der Waals surface area contributed by atoms with Crippen molar-refractivity contribution in [2.24, 2.45) is 0 Å². The second-order valence-corrected chi connectivity index (χ2v) is 6.23. The molecular weight excluding hydrogens is 322 g/mol. The molecule has 1 aliphatic rings. The third-order valence-electron chi connectivity index (χ3n) is 3.76. The normalized spacial score (nSPS) is 16.9. The number of benzene rings is 1. The van der Waals surface area contributed by atoms with Gasteiger partial charge in [0.05, 0.1) is 18.4 Å². The Hall–Kier alpha value is -1.36. The number of amides is 1. The zero-order valence-corrected chi connectivity index (χ0v) is 12.8. The van der Waals surface area contributed by atoms with Crippen molar-refractivity contribution in [3.05, 3.63) is 34.3 Å². The Bertz CT molecular complexity index is 510. The van der Waals surface area contributed by atoms with Gasteiger partial charge in [0, 0.05) is 4.47 Å². The maximum absolute atomic E-state index is 12.2. The average Bonchev–Trinajstić information content (AvgIpc) is 2.79. The topological polar surface area (TPSA) is 66.4 Å². The molecule has 1 saturated carbocycles. The molecule has 1 aromatic rings. The van der Waals surface area contributed by atoms with Crippen LogP contribution in [0.2, 0.25) is 0 Å². The third-order valence-corrected chi connectivity index (χ3v) is 4.54. The van der Waals surface area contributed by atoms with E-state index in [1.807, 2.05) is 24.3 Å². The summed E-state index contributed by atoms with van der Waals surface area (Å²) in [5.41, 5.74) is 0.359. The van der Waals surface area contributed by atoms with Gasteiger partial charge >= 0.3 is 5.97 Å². The van der Waals surface area contributed by atoms with E-state index in [1.54, 1.807) is 0 Å². The van der Waals surface area contributed by atoms with Gasteiger partial charge in [0.1, 0.15) is 0 Å². The second-order valence-electron chi connectivity index (χ2n) is 5.37. The number of aliphatic carboxylic acids is 1. The van der Waals surface area contributed by atoms with Gasteiger partial charge in [0.15, 0.2) is 0 Å². The monoisotopic (exact) mass is 339 g/mol. The summed E-state index contributed by atoms with van der Waals surface area (Å²) >= 11 is 3.42. The van der Waals surface area contributed by atoms with Crippen molar-refractivity contribution in [2.75, 3.05) is 0 Å². The van der Waals surface area contributed by atoms with Gasteiger partial charge in [0.25, 0.3) is 0 Å². The second kappa shape index (κ2) is 6.39. The number of carboxylic acid groups (broad SMARTS) is 1. The first-order valence-corrected chi connectivity index (χ1v) is 7.56. The highest BCUT2D eigenvalue weighted by Gasteiger charge is 2.37. The van der Waals surface area contributed by atoms with Crippen LogP contribution in [0, 0.1) is 0 Å². The first-order chi connectivity index (χ1) is 9.51. The maximum atomic E-state index is 12.2. The van der Waals surface area contributed by atoms with Gasteiger partial charge in [-0.1, -0.05) is 47.0 Å². The minimum atomic E-state index is -0.854. The van der Waals surface area contributed by atoms with Crippen molar-refractivity contribution in [1.82, 2.24) is 5.32 Å². The molecule has 1 aliphatic carbocycles. The molecule has 1 fully saturated rings. The van der Waals surface area contributed by atoms with Crippen LogP contribution < -0.4 is 5.32 Å². The molecule has 0 atom stereocenters. The quantitative estimate of drug-likeness (QED) is 0.866. The Balaban J connectivity index is 2.02.